The van der Waals surface area contributed by atoms with Crippen molar-refractivity contribution >= 4 is 41.4 Å². The molecular weight excluding hydrogens is 148 g/mol. The fourth-order valence-corrected chi connectivity index (χ4v) is 0.822. The van der Waals surface area contributed by atoms with Gasteiger partial charge in [0.05, 0.1) is 6.21 Å². The van der Waals surface area contributed by atoms with Crippen LogP contribution in [0, 0.1) is 0 Å². The summed E-state index contributed by atoms with van der Waals surface area (Å²) in [7, 11) is 0. The molecule has 5 heteroatoms. The number of fused-ring (bicyclic) bond motifs is 1. The van der Waals surface area contributed by atoms with Gasteiger partial charge < -0.3 is 0 Å². The van der Waals surface area contributed by atoms with E-state index in [1.807, 2.05) is 0 Å². The maximum Gasteiger partial charge on any atom is 0.221 e. The Balaban J connectivity index is 2.51. The largest absolute Gasteiger partial charge is 0.231 e. The first-order chi connectivity index (χ1) is 4.86. The third kappa shape index (κ3) is 0.714. The Labute approximate surface area is 62.1 Å². The molecule has 0 aromatic rings. The number of thiocarbonyl (C=S) groups is 1. The molecule has 0 radical (unpaired) electrons. The maximum atomic E-state index is 4.72. The molecule has 0 atom stereocenters. The molecule has 0 saturated heterocycles. The van der Waals surface area contributed by atoms with Gasteiger partial charge in [-0.25, -0.2) is 15.0 Å². The molecular formula is C5H2N4S. The van der Waals surface area contributed by atoms with E-state index in [2.05, 4.69) is 20.0 Å². The Bertz CT molecular complexity index is 310. The van der Waals surface area contributed by atoms with Crippen molar-refractivity contribution in [3.63, 3.8) is 0 Å². The third-order valence-electron chi connectivity index (χ3n) is 1.10. The summed E-state index contributed by atoms with van der Waals surface area (Å²) >= 11 is 4.72. The lowest BCUT2D eigenvalue weighted by Crippen LogP contribution is -2.15. The molecule has 2 rings (SSSR count). The van der Waals surface area contributed by atoms with Crippen LogP contribution in [0.4, 0.5) is 0 Å². The van der Waals surface area contributed by atoms with Crippen LogP contribution < -0.4 is 0 Å². The molecule has 0 amide bonds. The van der Waals surface area contributed by atoms with Crippen LogP contribution in [-0.4, -0.2) is 29.2 Å². The number of nitrogens with zero attached hydrogens (tertiary/aromatic N) is 4. The molecule has 0 fully saturated rings. The Kier molecular flexibility index (Phi) is 1.04. The monoisotopic (exact) mass is 150 g/mol. The van der Waals surface area contributed by atoms with Crippen LogP contribution in [0.1, 0.15) is 0 Å². The highest BCUT2D eigenvalue weighted by Crippen LogP contribution is 2.00. The van der Waals surface area contributed by atoms with Crippen molar-refractivity contribution in [2.24, 2.45) is 20.0 Å². The minimum Gasteiger partial charge on any atom is -0.231 e. The fourth-order valence-electron chi connectivity index (χ4n) is 0.683. The van der Waals surface area contributed by atoms with E-state index < -0.39 is 0 Å². The molecule has 0 bridgehead atoms. The third-order valence-corrected chi connectivity index (χ3v) is 1.30. The molecule has 0 N–H and O–H groups in total. The van der Waals surface area contributed by atoms with Gasteiger partial charge in [-0.05, 0) is 12.2 Å². The van der Waals surface area contributed by atoms with E-state index >= 15 is 0 Å². The first kappa shape index (κ1) is 5.55. The number of hydrogen-bond donors (Lipinski definition) is 0. The predicted molar refractivity (Wildman–Crippen MR) is 44.5 cm³/mol. The first-order valence-corrected chi connectivity index (χ1v) is 3.04. The van der Waals surface area contributed by atoms with Crippen molar-refractivity contribution in [2.75, 3.05) is 0 Å². The average Bonchev–Trinajstić information content (AvgIpc) is 2.33. The van der Waals surface area contributed by atoms with Crippen LogP contribution in [0.3, 0.4) is 0 Å². The summed E-state index contributed by atoms with van der Waals surface area (Å²) in [6.07, 6.45) is 3.01. The van der Waals surface area contributed by atoms with Crippen LogP contribution in [0.2, 0.25) is 0 Å². The number of amidine groups is 1. The van der Waals surface area contributed by atoms with Crippen molar-refractivity contribution in [2.45, 2.75) is 0 Å². The second-order valence-electron chi connectivity index (χ2n) is 1.74. The van der Waals surface area contributed by atoms with Gasteiger partial charge in [0, 0.05) is 0 Å². The van der Waals surface area contributed by atoms with E-state index in [0.717, 1.165) is 0 Å². The summed E-state index contributed by atoms with van der Waals surface area (Å²) < 4.78 is 0. The summed E-state index contributed by atoms with van der Waals surface area (Å²) in [5.41, 5.74) is 0.689. The highest BCUT2D eigenvalue weighted by atomic mass is 32.1. The van der Waals surface area contributed by atoms with E-state index in [-0.39, 0.29) is 0 Å². The van der Waals surface area contributed by atoms with Gasteiger partial charge in [0.15, 0.2) is 5.84 Å². The van der Waals surface area contributed by atoms with Crippen molar-refractivity contribution in [3.05, 3.63) is 0 Å². The van der Waals surface area contributed by atoms with Crippen LogP contribution in [-0.2, 0) is 0 Å². The number of rotatable bonds is 0. The molecule has 0 aromatic carbocycles. The van der Waals surface area contributed by atoms with Gasteiger partial charge in [0.25, 0.3) is 0 Å². The topological polar surface area (TPSA) is 49.4 Å². The Morgan fingerprint density at radius 1 is 1.30 bits per heavy atom. The quantitative estimate of drug-likeness (QED) is 0.456. The molecule has 0 aromatic heterocycles. The summed E-state index contributed by atoms with van der Waals surface area (Å²) in [6.45, 7) is 0. The van der Waals surface area contributed by atoms with Crippen molar-refractivity contribution < 1.29 is 0 Å². The minimum atomic E-state index is 0.313. The highest BCUT2D eigenvalue weighted by Gasteiger charge is 2.13. The molecule has 4 nitrogen and oxygen atoms in total. The van der Waals surface area contributed by atoms with Gasteiger partial charge in [0.2, 0.25) is 5.11 Å². The summed E-state index contributed by atoms with van der Waals surface area (Å²) in [5.74, 6) is 0.569. The van der Waals surface area contributed by atoms with Crippen LogP contribution >= 0.6 is 12.2 Å². The molecule has 10 heavy (non-hydrogen) atoms. The first-order valence-electron chi connectivity index (χ1n) is 2.64. The van der Waals surface area contributed by atoms with Crippen LogP contribution in [0.15, 0.2) is 20.0 Å². The van der Waals surface area contributed by atoms with Gasteiger partial charge in [-0.2, -0.15) is 4.99 Å². The molecule has 0 saturated carbocycles. The summed E-state index contributed by atoms with van der Waals surface area (Å²) in [6, 6.07) is 0. The van der Waals surface area contributed by atoms with Gasteiger partial charge in [0.1, 0.15) is 12.1 Å². The maximum absolute atomic E-state index is 4.72. The zero-order valence-corrected chi connectivity index (χ0v) is 5.67. The SMILES string of the molecule is S=C1N=CC2=NC=NC2=N1. The molecule has 2 heterocycles. The Morgan fingerprint density at radius 3 is 3.10 bits per heavy atom. The van der Waals surface area contributed by atoms with Crippen molar-refractivity contribution in [3.8, 4) is 0 Å². The lowest BCUT2D eigenvalue weighted by atomic mass is 10.3. The smallest absolute Gasteiger partial charge is 0.221 e. The second kappa shape index (κ2) is 1.88. The van der Waals surface area contributed by atoms with Crippen molar-refractivity contribution in [1.29, 1.82) is 0 Å². The minimum absolute atomic E-state index is 0.313. The van der Waals surface area contributed by atoms with E-state index in [1.165, 1.54) is 6.34 Å². The summed E-state index contributed by atoms with van der Waals surface area (Å²) in [5, 5.41) is 0.313. The van der Waals surface area contributed by atoms with Crippen LogP contribution in [0.5, 0.6) is 0 Å². The Morgan fingerprint density at radius 2 is 2.20 bits per heavy atom. The molecule has 0 aliphatic carbocycles. The van der Waals surface area contributed by atoms with Gasteiger partial charge in [-0.3, -0.25) is 0 Å². The predicted octanol–water partition coefficient (Wildman–Crippen LogP) is 0.237. The lowest BCUT2D eigenvalue weighted by molar-refractivity contribution is 1.57. The van der Waals surface area contributed by atoms with Gasteiger partial charge in [-0.15, -0.1) is 0 Å². The summed E-state index contributed by atoms with van der Waals surface area (Å²) in [4.78, 5) is 15.4. The lowest BCUT2D eigenvalue weighted by Gasteiger charge is -1.97. The zero-order valence-electron chi connectivity index (χ0n) is 4.85. The van der Waals surface area contributed by atoms with E-state index in [4.69, 9.17) is 12.2 Å². The highest BCUT2D eigenvalue weighted by molar-refractivity contribution is 7.80. The molecule has 0 unspecified atom stereocenters. The molecule has 0 spiro atoms. The van der Waals surface area contributed by atoms with Crippen LogP contribution in [0.25, 0.3) is 0 Å². The van der Waals surface area contributed by atoms with E-state index in [9.17, 15) is 0 Å². The molecule has 48 valence electrons. The Hall–Kier alpha value is -1.23. The average molecular weight is 150 g/mol. The zero-order chi connectivity index (χ0) is 6.97. The fraction of sp³-hybridized carbons (Fsp3) is 0. The normalized spacial score (nSPS) is 20.6. The van der Waals surface area contributed by atoms with E-state index in [0.29, 0.717) is 16.7 Å². The number of hydrogen-bond acceptors (Lipinski definition) is 3. The number of aliphatic imine (C=N–C) groups is 4. The molecule has 2 aliphatic heterocycles. The van der Waals surface area contributed by atoms with Gasteiger partial charge >= 0.3 is 0 Å². The van der Waals surface area contributed by atoms with Crippen molar-refractivity contribution in [1.82, 2.24) is 0 Å². The van der Waals surface area contributed by atoms with Gasteiger partial charge in [-0.1, -0.05) is 0 Å². The second-order valence-corrected chi connectivity index (χ2v) is 2.10. The standard InChI is InChI=1S/C5H2N4S/c10-5-6-1-3-4(9-5)8-2-7-3/h1-2H. The van der Waals surface area contributed by atoms with E-state index in [1.54, 1.807) is 6.21 Å². The molecule has 2 aliphatic rings.